The molecule has 0 aromatic carbocycles. The molecule has 0 aliphatic carbocycles. The predicted octanol–water partition coefficient (Wildman–Crippen LogP) is 9.18. The highest BCUT2D eigenvalue weighted by Gasteiger charge is 2.11. The Morgan fingerprint density at radius 3 is 1.04 bits per heavy atom. The normalized spacial score (nSPS) is 15.4. The first kappa shape index (κ1) is 24.0. The van der Waals surface area contributed by atoms with Gasteiger partial charge in [0.25, 0.3) is 0 Å². The molecule has 24 heavy (non-hydrogen) atoms. The molecule has 3 atom stereocenters. The van der Waals surface area contributed by atoms with Gasteiger partial charge in [-0.05, 0) is 17.8 Å². The molecule has 3 unspecified atom stereocenters. The Morgan fingerprint density at radius 2 is 0.708 bits per heavy atom. The van der Waals surface area contributed by atoms with Gasteiger partial charge in [0.2, 0.25) is 0 Å². The summed E-state index contributed by atoms with van der Waals surface area (Å²) in [6, 6.07) is 0. The van der Waals surface area contributed by atoms with Crippen molar-refractivity contribution in [2.75, 3.05) is 0 Å². The van der Waals surface area contributed by atoms with E-state index in [-0.39, 0.29) is 0 Å². The molecule has 0 aromatic heterocycles. The standard InChI is InChI=1S/C24H50/c1-6-11-16-22(8-3)18-14-13-15-19-24(10-5)21-20-23(9-4)17-12-7-2/h22-24H,6-21H2,1-5H3. The van der Waals surface area contributed by atoms with Crippen molar-refractivity contribution in [3.63, 3.8) is 0 Å². The van der Waals surface area contributed by atoms with Crippen LogP contribution in [-0.2, 0) is 0 Å². The Hall–Kier alpha value is 0. The van der Waals surface area contributed by atoms with E-state index in [1.54, 1.807) is 0 Å². The SMILES string of the molecule is CCCCC(CC)CCCCCC(CC)CCC(CC)CCCC. The van der Waals surface area contributed by atoms with E-state index < -0.39 is 0 Å². The van der Waals surface area contributed by atoms with E-state index in [9.17, 15) is 0 Å². The fourth-order valence-electron chi connectivity index (χ4n) is 4.16. The van der Waals surface area contributed by atoms with Gasteiger partial charge in [-0.25, -0.2) is 0 Å². The zero-order valence-electron chi connectivity index (χ0n) is 18.0. The average Bonchev–Trinajstić information content (AvgIpc) is 2.62. The first-order valence-electron chi connectivity index (χ1n) is 11.7. The Balaban J connectivity index is 3.77. The third kappa shape index (κ3) is 13.3. The maximum absolute atomic E-state index is 2.41. The average molecular weight is 339 g/mol. The van der Waals surface area contributed by atoms with E-state index in [0.29, 0.717) is 0 Å². The Morgan fingerprint density at radius 1 is 0.375 bits per heavy atom. The molecule has 0 aliphatic rings. The molecule has 0 saturated carbocycles. The van der Waals surface area contributed by atoms with Gasteiger partial charge in [-0.2, -0.15) is 0 Å². The minimum atomic E-state index is 1.00. The molecule has 0 N–H and O–H groups in total. The molecule has 0 fully saturated rings. The summed E-state index contributed by atoms with van der Waals surface area (Å²) in [7, 11) is 0. The summed E-state index contributed by atoms with van der Waals surface area (Å²) in [5, 5.41) is 0. The molecular formula is C24H50. The monoisotopic (exact) mass is 338 g/mol. The van der Waals surface area contributed by atoms with Gasteiger partial charge in [-0.1, -0.05) is 137 Å². The predicted molar refractivity (Wildman–Crippen MR) is 113 cm³/mol. The summed E-state index contributed by atoms with van der Waals surface area (Å²) in [6.45, 7) is 11.8. The fraction of sp³-hybridized carbons (Fsp3) is 1.00. The van der Waals surface area contributed by atoms with Crippen LogP contribution in [0.25, 0.3) is 0 Å². The van der Waals surface area contributed by atoms with Crippen molar-refractivity contribution in [1.82, 2.24) is 0 Å². The third-order valence-corrected chi connectivity index (χ3v) is 6.37. The van der Waals surface area contributed by atoms with Crippen LogP contribution in [0.5, 0.6) is 0 Å². The van der Waals surface area contributed by atoms with Crippen LogP contribution in [0, 0.1) is 17.8 Å². The molecule has 0 nitrogen and oxygen atoms in total. The van der Waals surface area contributed by atoms with E-state index in [1.807, 2.05) is 0 Å². The molecule has 146 valence electrons. The summed E-state index contributed by atoms with van der Waals surface area (Å²) in [5.41, 5.74) is 0. The molecule has 0 heteroatoms. The lowest BCUT2D eigenvalue weighted by Crippen LogP contribution is -2.05. The van der Waals surface area contributed by atoms with Crippen molar-refractivity contribution < 1.29 is 0 Å². The maximum atomic E-state index is 2.41. The van der Waals surface area contributed by atoms with Gasteiger partial charge in [0, 0.05) is 0 Å². The summed E-state index contributed by atoms with van der Waals surface area (Å²) < 4.78 is 0. The minimum absolute atomic E-state index is 1.00. The van der Waals surface area contributed by atoms with Crippen LogP contribution in [0.4, 0.5) is 0 Å². The molecule has 0 bridgehead atoms. The molecule has 0 aromatic rings. The van der Waals surface area contributed by atoms with Gasteiger partial charge in [0.1, 0.15) is 0 Å². The van der Waals surface area contributed by atoms with Crippen LogP contribution >= 0.6 is 0 Å². The summed E-state index contributed by atoms with van der Waals surface area (Å²) >= 11 is 0. The Labute approximate surface area is 155 Å². The van der Waals surface area contributed by atoms with Crippen LogP contribution < -0.4 is 0 Å². The second-order valence-electron chi connectivity index (χ2n) is 8.32. The number of hydrogen-bond donors (Lipinski definition) is 0. The van der Waals surface area contributed by atoms with E-state index in [0.717, 1.165) is 17.8 Å². The van der Waals surface area contributed by atoms with Gasteiger partial charge in [0.05, 0.1) is 0 Å². The van der Waals surface area contributed by atoms with Crippen molar-refractivity contribution in [1.29, 1.82) is 0 Å². The molecule has 0 rings (SSSR count). The first-order chi connectivity index (χ1) is 11.7. The first-order valence-corrected chi connectivity index (χ1v) is 11.7. The molecule has 0 heterocycles. The molecule has 0 radical (unpaired) electrons. The van der Waals surface area contributed by atoms with Gasteiger partial charge >= 0.3 is 0 Å². The van der Waals surface area contributed by atoms with Gasteiger partial charge in [-0.3, -0.25) is 0 Å². The second-order valence-corrected chi connectivity index (χ2v) is 8.32. The highest BCUT2D eigenvalue weighted by Crippen LogP contribution is 2.26. The minimum Gasteiger partial charge on any atom is -0.0654 e. The van der Waals surface area contributed by atoms with Crippen molar-refractivity contribution in [3.05, 3.63) is 0 Å². The van der Waals surface area contributed by atoms with E-state index in [1.165, 1.54) is 103 Å². The maximum Gasteiger partial charge on any atom is -0.0417 e. The smallest absolute Gasteiger partial charge is 0.0417 e. The van der Waals surface area contributed by atoms with Crippen LogP contribution in [0.1, 0.15) is 137 Å². The van der Waals surface area contributed by atoms with Gasteiger partial charge in [-0.15, -0.1) is 0 Å². The van der Waals surface area contributed by atoms with Gasteiger partial charge < -0.3 is 0 Å². The molecular weight excluding hydrogens is 288 g/mol. The zero-order chi connectivity index (χ0) is 18.0. The van der Waals surface area contributed by atoms with Crippen molar-refractivity contribution in [2.45, 2.75) is 137 Å². The van der Waals surface area contributed by atoms with E-state index in [4.69, 9.17) is 0 Å². The Kier molecular flexibility index (Phi) is 17.8. The Bertz CT molecular complexity index is 232. The lowest BCUT2D eigenvalue weighted by molar-refractivity contribution is 0.332. The quantitative estimate of drug-likeness (QED) is 0.218. The summed E-state index contributed by atoms with van der Waals surface area (Å²) in [5.74, 6) is 3.02. The lowest BCUT2D eigenvalue weighted by Gasteiger charge is -2.20. The van der Waals surface area contributed by atoms with Crippen LogP contribution in [0.2, 0.25) is 0 Å². The van der Waals surface area contributed by atoms with E-state index >= 15 is 0 Å². The summed E-state index contributed by atoms with van der Waals surface area (Å²) in [6.07, 6.45) is 23.1. The van der Waals surface area contributed by atoms with Crippen LogP contribution in [0.15, 0.2) is 0 Å². The highest BCUT2D eigenvalue weighted by molar-refractivity contribution is 4.64. The molecule has 0 amide bonds. The van der Waals surface area contributed by atoms with Crippen LogP contribution in [0.3, 0.4) is 0 Å². The third-order valence-electron chi connectivity index (χ3n) is 6.37. The highest BCUT2D eigenvalue weighted by atomic mass is 14.2. The van der Waals surface area contributed by atoms with Crippen molar-refractivity contribution >= 4 is 0 Å². The summed E-state index contributed by atoms with van der Waals surface area (Å²) in [4.78, 5) is 0. The molecule has 0 spiro atoms. The van der Waals surface area contributed by atoms with Crippen LogP contribution in [-0.4, -0.2) is 0 Å². The van der Waals surface area contributed by atoms with Gasteiger partial charge in [0.15, 0.2) is 0 Å². The van der Waals surface area contributed by atoms with Crippen molar-refractivity contribution in [2.24, 2.45) is 17.8 Å². The number of hydrogen-bond acceptors (Lipinski definition) is 0. The zero-order valence-corrected chi connectivity index (χ0v) is 18.0. The van der Waals surface area contributed by atoms with E-state index in [2.05, 4.69) is 34.6 Å². The lowest BCUT2D eigenvalue weighted by atomic mass is 9.86. The number of unbranched alkanes of at least 4 members (excludes halogenated alkanes) is 4. The molecule has 0 aliphatic heterocycles. The molecule has 0 saturated heterocycles. The van der Waals surface area contributed by atoms with Crippen molar-refractivity contribution in [3.8, 4) is 0 Å². The second kappa shape index (κ2) is 17.8. The topological polar surface area (TPSA) is 0 Å². The largest absolute Gasteiger partial charge is 0.0654 e. The number of rotatable bonds is 18. The fourth-order valence-corrected chi connectivity index (χ4v) is 4.16.